The molecule has 0 radical (unpaired) electrons. The molecule has 8 heteroatoms. The van der Waals surface area contributed by atoms with Crippen LogP contribution in [0.25, 0.3) is 10.2 Å². The molecule has 0 aliphatic rings. The maximum absolute atomic E-state index is 13.3. The number of aromatic nitrogens is 2. The van der Waals surface area contributed by atoms with Crippen LogP contribution in [0.4, 0.5) is 5.13 Å². The third-order valence-electron chi connectivity index (χ3n) is 5.02. The first-order valence-electron chi connectivity index (χ1n) is 10.6. The van der Waals surface area contributed by atoms with E-state index >= 15 is 0 Å². The van der Waals surface area contributed by atoms with E-state index in [4.69, 9.17) is 14.5 Å². The molecule has 33 heavy (non-hydrogen) atoms. The van der Waals surface area contributed by atoms with Crippen molar-refractivity contribution in [1.29, 1.82) is 0 Å². The van der Waals surface area contributed by atoms with Gasteiger partial charge >= 0.3 is 0 Å². The lowest BCUT2D eigenvalue weighted by atomic mass is 10.2. The summed E-state index contributed by atoms with van der Waals surface area (Å²) in [6, 6.07) is 19.5. The number of thioether (sulfide) groups is 1. The lowest BCUT2D eigenvalue weighted by Crippen LogP contribution is -2.30. The fraction of sp³-hybridized carbons (Fsp3) is 0.240. The van der Waals surface area contributed by atoms with Gasteiger partial charge in [-0.05, 0) is 60.7 Å². The Morgan fingerprint density at radius 3 is 2.55 bits per heavy atom. The van der Waals surface area contributed by atoms with Crippen molar-refractivity contribution in [2.24, 2.45) is 0 Å². The number of amides is 1. The van der Waals surface area contributed by atoms with Crippen molar-refractivity contribution >= 4 is 44.4 Å². The smallest absolute Gasteiger partial charge is 0.229 e. The zero-order valence-electron chi connectivity index (χ0n) is 18.6. The maximum Gasteiger partial charge on any atom is 0.229 e. The molecular weight excluding hydrogens is 454 g/mol. The van der Waals surface area contributed by atoms with Gasteiger partial charge in [0.25, 0.3) is 0 Å². The number of benzene rings is 2. The number of carbonyl (C=O) groups is 1. The Hall–Kier alpha value is -3.10. The standard InChI is InChI=1S/C25H25N3O3S2/c1-30-19-8-11-21(12-9-19)32-15-5-7-24(29)28(17-18-6-3-4-14-26-18)25-27-22-16-20(31-2)10-13-23(22)33-25/h3-4,6,8-14,16H,5,7,15,17H2,1-2H3. The van der Waals surface area contributed by atoms with Gasteiger partial charge in [-0.2, -0.15) is 0 Å². The average Bonchev–Trinajstić information content (AvgIpc) is 3.29. The first-order chi connectivity index (χ1) is 16.2. The Kier molecular flexibility index (Phi) is 7.80. The normalized spacial score (nSPS) is 10.8. The number of hydrogen-bond acceptors (Lipinski definition) is 7. The second-order valence-corrected chi connectivity index (χ2v) is 9.44. The van der Waals surface area contributed by atoms with Crippen molar-refractivity contribution in [2.45, 2.75) is 24.3 Å². The molecule has 6 nitrogen and oxygen atoms in total. The van der Waals surface area contributed by atoms with Gasteiger partial charge < -0.3 is 9.47 Å². The van der Waals surface area contributed by atoms with Crippen LogP contribution in [0.5, 0.6) is 11.5 Å². The average molecular weight is 480 g/mol. The molecule has 2 aromatic heterocycles. The highest BCUT2D eigenvalue weighted by atomic mass is 32.2. The second-order valence-electron chi connectivity index (χ2n) is 7.26. The molecule has 4 rings (SSSR count). The molecule has 0 unspecified atom stereocenters. The van der Waals surface area contributed by atoms with Crippen molar-refractivity contribution in [1.82, 2.24) is 9.97 Å². The number of anilines is 1. The van der Waals surface area contributed by atoms with Crippen LogP contribution in [0.2, 0.25) is 0 Å². The Morgan fingerprint density at radius 1 is 1.03 bits per heavy atom. The van der Waals surface area contributed by atoms with E-state index in [0.29, 0.717) is 18.1 Å². The van der Waals surface area contributed by atoms with E-state index in [-0.39, 0.29) is 5.91 Å². The van der Waals surface area contributed by atoms with Gasteiger partial charge in [0.15, 0.2) is 5.13 Å². The van der Waals surface area contributed by atoms with Crippen LogP contribution in [0, 0.1) is 0 Å². The van der Waals surface area contributed by atoms with Crippen molar-refractivity contribution in [3.8, 4) is 11.5 Å². The van der Waals surface area contributed by atoms with Gasteiger partial charge in [-0.15, -0.1) is 11.8 Å². The van der Waals surface area contributed by atoms with E-state index < -0.39 is 0 Å². The van der Waals surface area contributed by atoms with E-state index in [1.165, 1.54) is 11.3 Å². The SMILES string of the molecule is COc1ccc(SCCCC(=O)N(Cc2ccccn2)c2nc3cc(OC)ccc3s2)cc1. The summed E-state index contributed by atoms with van der Waals surface area (Å²) in [5.41, 5.74) is 1.65. The van der Waals surface area contributed by atoms with Gasteiger partial charge in [0.2, 0.25) is 5.91 Å². The maximum atomic E-state index is 13.3. The van der Waals surface area contributed by atoms with Crippen LogP contribution in [0.15, 0.2) is 71.8 Å². The Bertz CT molecular complexity index is 1200. The molecular formula is C25H25N3O3S2. The highest BCUT2D eigenvalue weighted by Crippen LogP contribution is 2.32. The van der Waals surface area contributed by atoms with Gasteiger partial charge in [0, 0.05) is 23.6 Å². The molecule has 0 aliphatic heterocycles. The summed E-state index contributed by atoms with van der Waals surface area (Å²) in [6.07, 6.45) is 2.95. The highest BCUT2D eigenvalue weighted by molar-refractivity contribution is 7.99. The summed E-state index contributed by atoms with van der Waals surface area (Å²) >= 11 is 3.24. The third kappa shape index (κ3) is 6.03. The molecule has 170 valence electrons. The number of fused-ring (bicyclic) bond motifs is 1. The monoisotopic (exact) mass is 479 g/mol. The molecule has 2 heterocycles. The molecule has 0 saturated carbocycles. The molecule has 2 aromatic carbocycles. The van der Waals surface area contributed by atoms with Crippen LogP contribution in [0.3, 0.4) is 0 Å². The Labute approximate surface area is 201 Å². The molecule has 0 fully saturated rings. The summed E-state index contributed by atoms with van der Waals surface area (Å²) in [5, 5.41) is 0.678. The predicted octanol–water partition coefficient (Wildman–Crippen LogP) is 5.81. The molecule has 0 atom stereocenters. The van der Waals surface area contributed by atoms with E-state index in [1.54, 1.807) is 37.1 Å². The zero-order valence-corrected chi connectivity index (χ0v) is 20.2. The fourth-order valence-electron chi connectivity index (χ4n) is 3.27. The largest absolute Gasteiger partial charge is 0.497 e. The number of hydrogen-bond donors (Lipinski definition) is 0. The number of rotatable bonds is 10. The minimum atomic E-state index is 0.0435. The lowest BCUT2D eigenvalue weighted by molar-refractivity contribution is -0.118. The summed E-state index contributed by atoms with van der Waals surface area (Å²) in [7, 11) is 3.29. The topological polar surface area (TPSA) is 64.5 Å². The van der Waals surface area contributed by atoms with Gasteiger partial charge in [0.1, 0.15) is 11.5 Å². The summed E-state index contributed by atoms with van der Waals surface area (Å²) in [6.45, 7) is 0.391. The number of methoxy groups -OCH3 is 2. The first kappa shape index (κ1) is 23.1. The van der Waals surface area contributed by atoms with Crippen molar-refractivity contribution in [3.05, 3.63) is 72.6 Å². The first-order valence-corrected chi connectivity index (χ1v) is 12.4. The van der Waals surface area contributed by atoms with Crippen LogP contribution in [-0.2, 0) is 11.3 Å². The molecule has 0 spiro atoms. The molecule has 0 saturated heterocycles. The van der Waals surface area contributed by atoms with E-state index in [2.05, 4.69) is 4.98 Å². The van der Waals surface area contributed by atoms with Gasteiger partial charge in [-0.3, -0.25) is 14.7 Å². The number of nitrogens with zero attached hydrogens (tertiary/aromatic N) is 3. The van der Waals surface area contributed by atoms with Crippen LogP contribution in [-0.4, -0.2) is 35.8 Å². The summed E-state index contributed by atoms with van der Waals surface area (Å²) in [5.74, 6) is 2.49. The van der Waals surface area contributed by atoms with Gasteiger partial charge in [-0.25, -0.2) is 4.98 Å². The van der Waals surface area contributed by atoms with Crippen LogP contribution >= 0.6 is 23.1 Å². The van der Waals surface area contributed by atoms with Crippen molar-refractivity contribution < 1.29 is 14.3 Å². The summed E-state index contributed by atoms with van der Waals surface area (Å²) < 4.78 is 11.5. The van der Waals surface area contributed by atoms with Crippen molar-refractivity contribution in [2.75, 3.05) is 24.9 Å². The predicted molar refractivity (Wildman–Crippen MR) is 135 cm³/mol. The summed E-state index contributed by atoms with van der Waals surface area (Å²) in [4.78, 5) is 25.3. The minimum absolute atomic E-state index is 0.0435. The third-order valence-corrected chi connectivity index (χ3v) is 7.18. The van der Waals surface area contributed by atoms with Crippen molar-refractivity contribution in [3.63, 3.8) is 0 Å². The number of carbonyl (C=O) groups excluding carboxylic acids is 1. The van der Waals surface area contributed by atoms with Gasteiger partial charge in [-0.1, -0.05) is 17.4 Å². The van der Waals surface area contributed by atoms with Crippen LogP contribution < -0.4 is 14.4 Å². The fourth-order valence-corrected chi connectivity index (χ4v) is 5.09. The zero-order chi connectivity index (χ0) is 23.0. The minimum Gasteiger partial charge on any atom is -0.497 e. The van der Waals surface area contributed by atoms with Gasteiger partial charge in [0.05, 0.1) is 36.7 Å². The molecule has 1 amide bonds. The highest BCUT2D eigenvalue weighted by Gasteiger charge is 2.20. The second kappa shape index (κ2) is 11.2. The molecule has 0 bridgehead atoms. The van der Waals surface area contributed by atoms with E-state index in [9.17, 15) is 4.79 Å². The molecule has 4 aromatic rings. The van der Waals surface area contributed by atoms with E-state index in [0.717, 1.165) is 44.5 Å². The number of thiazole rings is 1. The number of pyridine rings is 1. The Morgan fingerprint density at radius 2 is 1.82 bits per heavy atom. The Balaban J connectivity index is 1.45. The quantitative estimate of drug-likeness (QED) is 0.211. The lowest BCUT2D eigenvalue weighted by Gasteiger charge is -2.19. The van der Waals surface area contributed by atoms with E-state index in [1.807, 2.05) is 60.7 Å². The number of ether oxygens (including phenoxy) is 2. The van der Waals surface area contributed by atoms with Crippen LogP contribution in [0.1, 0.15) is 18.5 Å². The molecule has 0 N–H and O–H groups in total. The molecule has 0 aliphatic carbocycles.